The van der Waals surface area contributed by atoms with Crippen molar-refractivity contribution in [3.05, 3.63) is 24.0 Å². The molecule has 0 bridgehead atoms. The summed E-state index contributed by atoms with van der Waals surface area (Å²) in [5, 5.41) is 13.5. The van der Waals surface area contributed by atoms with Crippen molar-refractivity contribution in [2.24, 2.45) is 0 Å². The van der Waals surface area contributed by atoms with Crippen LogP contribution in [0.25, 0.3) is 11.5 Å². The minimum Gasteiger partial charge on any atom is -0.504 e. The van der Waals surface area contributed by atoms with Crippen LogP contribution in [0, 0.1) is 0 Å². The first kappa shape index (κ1) is 14.3. The minimum absolute atomic E-state index is 0.0664. The third kappa shape index (κ3) is 2.91. The molecule has 1 atom stereocenters. The Morgan fingerprint density at radius 2 is 2.15 bits per heavy atom. The standard InChI is InChI=1S/C14H18N2O4/c1-4-5-11(18-2)13-15-14(20-16-13)9-6-7-10(17)12(8-9)19-3/h6-8,11,17H,4-5H2,1-3H3. The minimum atomic E-state index is -0.170. The fraction of sp³-hybridized carbons (Fsp3) is 0.429. The summed E-state index contributed by atoms with van der Waals surface area (Å²) < 4.78 is 15.6. The van der Waals surface area contributed by atoms with Gasteiger partial charge in [0.25, 0.3) is 5.89 Å². The summed E-state index contributed by atoms with van der Waals surface area (Å²) in [7, 11) is 3.11. The molecule has 0 aliphatic rings. The number of aromatic hydroxyl groups is 1. The van der Waals surface area contributed by atoms with Crippen LogP contribution in [0.5, 0.6) is 11.5 Å². The number of ether oxygens (including phenoxy) is 2. The van der Waals surface area contributed by atoms with E-state index in [2.05, 4.69) is 17.1 Å². The highest BCUT2D eigenvalue weighted by molar-refractivity contribution is 5.59. The number of hydrogen-bond donors (Lipinski definition) is 1. The molecule has 0 fully saturated rings. The van der Waals surface area contributed by atoms with E-state index in [0.717, 1.165) is 12.8 Å². The molecule has 0 radical (unpaired) electrons. The molecule has 0 spiro atoms. The molecule has 2 aromatic rings. The van der Waals surface area contributed by atoms with Crippen molar-refractivity contribution >= 4 is 0 Å². The van der Waals surface area contributed by atoms with Crippen LogP contribution in [-0.2, 0) is 4.74 Å². The van der Waals surface area contributed by atoms with Crippen LogP contribution in [-0.4, -0.2) is 29.5 Å². The summed E-state index contributed by atoms with van der Waals surface area (Å²) in [6.07, 6.45) is 1.63. The molecule has 6 heteroatoms. The molecule has 1 aromatic carbocycles. The van der Waals surface area contributed by atoms with Gasteiger partial charge in [0.15, 0.2) is 11.5 Å². The van der Waals surface area contributed by atoms with E-state index in [1.807, 2.05) is 0 Å². The highest BCUT2D eigenvalue weighted by Crippen LogP contribution is 2.31. The zero-order valence-electron chi connectivity index (χ0n) is 11.8. The number of phenols is 1. The second-order valence-electron chi connectivity index (χ2n) is 4.36. The van der Waals surface area contributed by atoms with E-state index in [9.17, 15) is 5.11 Å². The van der Waals surface area contributed by atoms with Gasteiger partial charge in [0.05, 0.1) is 7.11 Å². The molecule has 6 nitrogen and oxygen atoms in total. The molecular weight excluding hydrogens is 260 g/mol. The number of methoxy groups -OCH3 is 2. The summed E-state index contributed by atoms with van der Waals surface area (Å²) >= 11 is 0. The van der Waals surface area contributed by atoms with Crippen molar-refractivity contribution in [2.75, 3.05) is 14.2 Å². The van der Waals surface area contributed by atoms with Crippen LogP contribution >= 0.6 is 0 Å². The lowest BCUT2D eigenvalue weighted by Crippen LogP contribution is -2.03. The van der Waals surface area contributed by atoms with Gasteiger partial charge in [-0.2, -0.15) is 4.98 Å². The van der Waals surface area contributed by atoms with E-state index in [-0.39, 0.29) is 11.9 Å². The second-order valence-corrected chi connectivity index (χ2v) is 4.36. The Morgan fingerprint density at radius 1 is 1.35 bits per heavy atom. The van der Waals surface area contributed by atoms with Gasteiger partial charge in [-0.1, -0.05) is 18.5 Å². The van der Waals surface area contributed by atoms with Gasteiger partial charge < -0.3 is 19.1 Å². The summed E-state index contributed by atoms with van der Waals surface area (Å²) in [6, 6.07) is 4.86. The largest absolute Gasteiger partial charge is 0.504 e. The zero-order chi connectivity index (χ0) is 14.5. The Labute approximate surface area is 117 Å². The van der Waals surface area contributed by atoms with Crippen molar-refractivity contribution < 1.29 is 19.1 Å². The third-order valence-electron chi connectivity index (χ3n) is 2.99. The molecule has 20 heavy (non-hydrogen) atoms. The SMILES string of the molecule is CCCC(OC)c1noc(-c2ccc(O)c(OC)c2)n1. The summed E-state index contributed by atoms with van der Waals surface area (Å²) in [6.45, 7) is 2.07. The monoisotopic (exact) mass is 278 g/mol. The quantitative estimate of drug-likeness (QED) is 0.875. The average molecular weight is 278 g/mol. The van der Waals surface area contributed by atoms with Crippen LogP contribution < -0.4 is 4.74 Å². The Kier molecular flexibility index (Phi) is 4.57. The van der Waals surface area contributed by atoms with E-state index in [4.69, 9.17) is 14.0 Å². The van der Waals surface area contributed by atoms with Crippen molar-refractivity contribution in [3.8, 4) is 23.0 Å². The van der Waals surface area contributed by atoms with Crippen molar-refractivity contribution in [2.45, 2.75) is 25.9 Å². The van der Waals surface area contributed by atoms with E-state index in [1.54, 1.807) is 19.2 Å². The molecule has 108 valence electrons. The first-order valence-electron chi connectivity index (χ1n) is 6.43. The van der Waals surface area contributed by atoms with Crippen molar-refractivity contribution in [1.82, 2.24) is 10.1 Å². The number of aromatic nitrogens is 2. The van der Waals surface area contributed by atoms with E-state index in [1.165, 1.54) is 13.2 Å². The molecular formula is C14H18N2O4. The lowest BCUT2D eigenvalue weighted by molar-refractivity contribution is 0.0854. The molecule has 0 aliphatic carbocycles. The molecule has 0 aliphatic heterocycles. The van der Waals surface area contributed by atoms with Gasteiger partial charge in [0.1, 0.15) is 6.10 Å². The highest BCUT2D eigenvalue weighted by atomic mass is 16.5. The first-order chi connectivity index (χ1) is 9.69. The van der Waals surface area contributed by atoms with Gasteiger partial charge in [0.2, 0.25) is 5.82 Å². The van der Waals surface area contributed by atoms with E-state index in [0.29, 0.717) is 23.0 Å². The Hall–Kier alpha value is -2.08. The van der Waals surface area contributed by atoms with Crippen LogP contribution in [0.4, 0.5) is 0 Å². The molecule has 1 N–H and O–H groups in total. The topological polar surface area (TPSA) is 77.6 Å². The number of rotatable bonds is 6. The fourth-order valence-electron chi connectivity index (χ4n) is 1.91. The lowest BCUT2D eigenvalue weighted by atomic mass is 10.2. The van der Waals surface area contributed by atoms with Gasteiger partial charge in [-0.3, -0.25) is 0 Å². The van der Waals surface area contributed by atoms with Crippen molar-refractivity contribution in [3.63, 3.8) is 0 Å². The smallest absolute Gasteiger partial charge is 0.258 e. The van der Waals surface area contributed by atoms with Gasteiger partial charge in [-0.25, -0.2) is 0 Å². The number of phenolic OH excluding ortho intramolecular Hbond substituents is 1. The Bertz CT molecular complexity index is 568. The van der Waals surface area contributed by atoms with E-state index >= 15 is 0 Å². The molecule has 1 aromatic heterocycles. The normalized spacial score (nSPS) is 12.3. The predicted molar refractivity (Wildman–Crippen MR) is 72.6 cm³/mol. The van der Waals surface area contributed by atoms with Crippen molar-refractivity contribution in [1.29, 1.82) is 0 Å². The summed E-state index contributed by atoms with van der Waals surface area (Å²) in [5.74, 6) is 1.32. The lowest BCUT2D eigenvalue weighted by Gasteiger charge is -2.08. The highest BCUT2D eigenvalue weighted by Gasteiger charge is 2.18. The number of benzene rings is 1. The fourth-order valence-corrected chi connectivity index (χ4v) is 1.91. The maximum absolute atomic E-state index is 9.57. The third-order valence-corrected chi connectivity index (χ3v) is 2.99. The van der Waals surface area contributed by atoms with Crippen LogP contribution in [0.2, 0.25) is 0 Å². The molecule has 0 saturated carbocycles. The Morgan fingerprint density at radius 3 is 2.80 bits per heavy atom. The van der Waals surface area contributed by atoms with Gasteiger partial charge in [-0.15, -0.1) is 0 Å². The summed E-state index contributed by atoms with van der Waals surface area (Å²) in [4.78, 5) is 4.34. The van der Waals surface area contributed by atoms with E-state index < -0.39 is 0 Å². The predicted octanol–water partition coefficient (Wildman–Crippen LogP) is 2.94. The average Bonchev–Trinajstić information content (AvgIpc) is 2.95. The molecule has 1 heterocycles. The maximum atomic E-state index is 9.57. The maximum Gasteiger partial charge on any atom is 0.258 e. The molecule has 1 unspecified atom stereocenters. The van der Waals surface area contributed by atoms with Crippen LogP contribution in [0.1, 0.15) is 31.7 Å². The summed E-state index contributed by atoms with van der Waals surface area (Å²) in [5.41, 5.74) is 0.685. The molecule has 2 rings (SSSR count). The number of nitrogens with zero attached hydrogens (tertiary/aromatic N) is 2. The van der Waals surface area contributed by atoms with Crippen LogP contribution in [0.15, 0.2) is 22.7 Å². The second kappa shape index (κ2) is 6.38. The Balaban J connectivity index is 2.28. The first-order valence-corrected chi connectivity index (χ1v) is 6.43. The molecule has 0 saturated heterocycles. The van der Waals surface area contributed by atoms with Gasteiger partial charge >= 0.3 is 0 Å². The van der Waals surface area contributed by atoms with Crippen LogP contribution in [0.3, 0.4) is 0 Å². The van der Waals surface area contributed by atoms with Gasteiger partial charge in [-0.05, 0) is 24.6 Å². The molecule has 0 amide bonds. The van der Waals surface area contributed by atoms with Gasteiger partial charge in [0, 0.05) is 12.7 Å². The zero-order valence-corrected chi connectivity index (χ0v) is 11.8. The number of hydrogen-bond acceptors (Lipinski definition) is 6.